The number of nitrogens with zero attached hydrogens (tertiary/aromatic N) is 1. The molecule has 3 nitrogen and oxygen atoms in total. The summed E-state index contributed by atoms with van der Waals surface area (Å²) >= 11 is 0. The summed E-state index contributed by atoms with van der Waals surface area (Å²) in [6.07, 6.45) is 1.72. The molecule has 1 rings (SSSR count). The average Bonchev–Trinajstić information content (AvgIpc) is 2.31. The van der Waals surface area contributed by atoms with Gasteiger partial charge in [0.05, 0.1) is 5.60 Å². The zero-order chi connectivity index (χ0) is 10.1. The molecule has 0 saturated carbocycles. The predicted octanol–water partition coefficient (Wildman–Crippen LogP) is 0.426. The third kappa shape index (κ3) is 2.66. The molecule has 0 aromatic rings. The molecule has 0 aliphatic carbocycles. The van der Waals surface area contributed by atoms with Crippen molar-refractivity contribution in [1.29, 1.82) is 0 Å². The van der Waals surface area contributed by atoms with Crippen LogP contribution in [-0.2, 0) is 0 Å². The van der Waals surface area contributed by atoms with Crippen LogP contribution < -0.4 is 5.73 Å². The molecule has 0 spiro atoms. The quantitative estimate of drug-likeness (QED) is 0.672. The number of rotatable bonds is 3. The molecule has 3 N–H and O–H groups in total. The van der Waals surface area contributed by atoms with Gasteiger partial charge in [0.1, 0.15) is 0 Å². The second kappa shape index (κ2) is 3.95. The third-order valence-electron chi connectivity index (χ3n) is 2.89. The van der Waals surface area contributed by atoms with E-state index in [1.165, 1.54) is 0 Å². The largest absolute Gasteiger partial charge is 0.387 e. The summed E-state index contributed by atoms with van der Waals surface area (Å²) in [6.45, 7) is 5.97. The van der Waals surface area contributed by atoms with Crippen molar-refractivity contribution in [2.45, 2.75) is 38.3 Å². The van der Waals surface area contributed by atoms with Crippen molar-refractivity contribution in [3.05, 3.63) is 0 Å². The van der Waals surface area contributed by atoms with E-state index in [4.69, 9.17) is 5.73 Å². The topological polar surface area (TPSA) is 49.5 Å². The number of β-amino-alcohol motifs (C(OH)–C–C–N with tert-alkyl or cyclic N) is 1. The Bertz CT molecular complexity index is 172. The summed E-state index contributed by atoms with van der Waals surface area (Å²) in [4.78, 5) is 2.14. The highest BCUT2D eigenvalue weighted by molar-refractivity contribution is 4.97. The Hall–Kier alpha value is -0.120. The van der Waals surface area contributed by atoms with Gasteiger partial charge in [-0.2, -0.15) is 0 Å². The summed E-state index contributed by atoms with van der Waals surface area (Å²) in [5.41, 5.74) is 5.36. The molecular weight excluding hydrogens is 164 g/mol. The van der Waals surface area contributed by atoms with E-state index < -0.39 is 5.60 Å². The molecule has 2 unspecified atom stereocenters. The van der Waals surface area contributed by atoms with Crippen LogP contribution in [0.5, 0.6) is 0 Å². The molecule has 0 radical (unpaired) electrons. The first-order chi connectivity index (χ1) is 5.94. The van der Waals surface area contributed by atoms with Crippen LogP contribution in [0.3, 0.4) is 0 Å². The third-order valence-corrected chi connectivity index (χ3v) is 2.89. The molecule has 1 aliphatic heterocycles. The molecule has 1 fully saturated rings. The number of aliphatic hydroxyl groups is 1. The highest BCUT2D eigenvalue weighted by Crippen LogP contribution is 2.25. The van der Waals surface area contributed by atoms with Crippen molar-refractivity contribution in [1.82, 2.24) is 4.90 Å². The second-order valence-corrected chi connectivity index (χ2v) is 4.83. The lowest BCUT2D eigenvalue weighted by Crippen LogP contribution is -2.50. The fraction of sp³-hybridized carbons (Fsp3) is 1.00. The van der Waals surface area contributed by atoms with Crippen LogP contribution >= 0.6 is 0 Å². The first-order valence-electron chi connectivity index (χ1n) is 5.10. The van der Waals surface area contributed by atoms with Gasteiger partial charge in [-0.1, -0.05) is 13.8 Å². The molecule has 1 aliphatic rings. The molecule has 2 atom stereocenters. The van der Waals surface area contributed by atoms with Gasteiger partial charge < -0.3 is 15.7 Å². The number of likely N-dealkylation sites (tertiary alicyclic amines) is 1. The van der Waals surface area contributed by atoms with Gasteiger partial charge in [0.25, 0.3) is 0 Å². The number of hydrogen-bond acceptors (Lipinski definition) is 3. The van der Waals surface area contributed by atoms with E-state index in [0.717, 1.165) is 25.9 Å². The van der Waals surface area contributed by atoms with E-state index in [1.807, 2.05) is 7.05 Å². The van der Waals surface area contributed by atoms with Crippen molar-refractivity contribution < 1.29 is 5.11 Å². The minimum absolute atomic E-state index is 0.0718. The minimum atomic E-state index is -0.640. The van der Waals surface area contributed by atoms with Gasteiger partial charge in [-0.05, 0) is 25.8 Å². The summed E-state index contributed by atoms with van der Waals surface area (Å²) in [6, 6.07) is -0.0718. The van der Waals surface area contributed by atoms with Gasteiger partial charge in [-0.25, -0.2) is 0 Å². The van der Waals surface area contributed by atoms with E-state index in [0.29, 0.717) is 5.92 Å². The van der Waals surface area contributed by atoms with Crippen LogP contribution in [0.15, 0.2) is 0 Å². The fourth-order valence-electron chi connectivity index (χ4n) is 2.04. The molecule has 78 valence electrons. The Morgan fingerprint density at radius 3 is 2.54 bits per heavy atom. The Labute approximate surface area is 80.9 Å². The lowest BCUT2D eigenvalue weighted by atomic mass is 9.88. The van der Waals surface area contributed by atoms with Gasteiger partial charge in [0.15, 0.2) is 0 Å². The van der Waals surface area contributed by atoms with Crippen molar-refractivity contribution in [2.24, 2.45) is 11.7 Å². The van der Waals surface area contributed by atoms with E-state index in [9.17, 15) is 5.11 Å². The SMILES string of the molecule is CC(C)CC(N)C1(O)CCN(C)C1. The Morgan fingerprint density at radius 1 is 1.54 bits per heavy atom. The van der Waals surface area contributed by atoms with Crippen LogP contribution in [0.25, 0.3) is 0 Å². The Kier molecular flexibility index (Phi) is 3.33. The Morgan fingerprint density at radius 2 is 2.15 bits per heavy atom. The zero-order valence-electron chi connectivity index (χ0n) is 8.95. The van der Waals surface area contributed by atoms with Gasteiger partial charge in [-0.3, -0.25) is 0 Å². The normalized spacial score (nSPS) is 32.8. The van der Waals surface area contributed by atoms with E-state index >= 15 is 0 Å². The molecule has 13 heavy (non-hydrogen) atoms. The van der Waals surface area contributed by atoms with E-state index in [2.05, 4.69) is 18.7 Å². The van der Waals surface area contributed by atoms with Gasteiger partial charge >= 0.3 is 0 Å². The van der Waals surface area contributed by atoms with Crippen LogP contribution in [0.4, 0.5) is 0 Å². The monoisotopic (exact) mass is 186 g/mol. The van der Waals surface area contributed by atoms with E-state index in [1.54, 1.807) is 0 Å². The number of likely N-dealkylation sites (N-methyl/N-ethyl adjacent to an activating group) is 1. The van der Waals surface area contributed by atoms with Crippen molar-refractivity contribution >= 4 is 0 Å². The fourth-order valence-corrected chi connectivity index (χ4v) is 2.04. The maximum absolute atomic E-state index is 10.2. The molecular formula is C10H22N2O. The maximum Gasteiger partial charge on any atom is 0.0936 e. The summed E-state index contributed by atoms with van der Waals surface area (Å²) < 4.78 is 0. The van der Waals surface area contributed by atoms with Crippen molar-refractivity contribution in [3.8, 4) is 0 Å². The lowest BCUT2D eigenvalue weighted by molar-refractivity contribution is 0.0192. The van der Waals surface area contributed by atoms with Crippen LogP contribution in [0.1, 0.15) is 26.7 Å². The minimum Gasteiger partial charge on any atom is -0.387 e. The molecule has 0 aromatic heterocycles. The maximum atomic E-state index is 10.2. The van der Waals surface area contributed by atoms with Crippen molar-refractivity contribution in [2.75, 3.05) is 20.1 Å². The molecule has 1 heterocycles. The number of hydrogen-bond donors (Lipinski definition) is 2. The Balaban J connectivity index is 2.49. The summed E-state index contributed by atoms with van der Waals surface area (Å²) in [7, 11) is 2.03. The summed E-state index contributed by atoms with van der Waals surface area (Å²) in [5, 5.41) is 10.2. The zero-order valence-corrected chi connectivity index (χ0v) is 8.95. The molecule has 1 saturated heterocycles. The molecule has 0 bridgehead atoms. The molecule has 3 heteroatoms. The highest BCUT2D eigenvalue weighted by Gasteiger charge is 2.39. The predicted molar refractivity (Wildman–Crippen MR) is 54.5 cm³/mol. The first-order valence-corrected chi connectivity index (χ1v) is 5.10. The van der Waals surface area contributed by atoms with Gasteiger partial charge in [-0.15, -0.1) is 0 Å². The summed E-state index contributed by atoms with van der Waals surface area (Å²) in [5.74, 6) is 0.560. The lowest BCUT2D eigenvalue weighted by Gasteiger charge is -2.30. The van der Waals surface area contributed by atoms with E-state index in [-0.39, 0.29) is 6.04 Å². The average molecular weight is 186 g/mol. The molecule has 0 amide bonds. The van der Waals surface area contributed by atoms with Crippen LogP contribution in [0, 0.1) is 5.92 Å². The second-order valence-electron chi connectivity index (χ2n) is 4.83. The smallest absolute Gasteiger partial charge is 0.0936 e. The molecule has 0 aromatic carbocycles. The van der Waals surface area contributed by atoms with Crippen molar-refractivity contribution in [3.63, 3.8) is 0 Å². The van der Waals surface area contributed by atoms with Gasteiger partial charge in [0, 0.05) is 19.1 Å². The number of nitrogens with two attached hydrogens (primary N) is 1. The van der Waals surface area contributed by atoms with Crippen LogP contribution in [-0.4, -0.2) is 41.8 Å². The highest BCUT2D eigenvalue weighted by atomic mass is 16.3. The van der Waals surface area contributed by atoms with Crippen LogP contribution in [0.2, 0.25) is 0 Å². The first kappa shape index (κ1) is 11.0. The standard InChI is InChI=1S/C10H22N2O/c1-8(2)6-9(11)10(13)4-5-12(3)7-10/h8-9,13H,4-7,11H2,1-3H3. The van der Waals surface area contributed by atoms with Gasteiger partial charge in [0.2, 0.25) is 0 Å².